The molecule has 1 unspecified atom stereocenters. The van der Waals surface area contributed by atoms with Crippen LogP contribution in [0.4, 0.5) is 0 Å². The van der Waals surface area contributed by atoms with Gasteiger partial charge in [0.05, 0.1) is 0 Å². The zero-order valence-corrected chi connectivity index (χ0v) is 10.5. The number of ether oxygens (including phenoxy) is 1. The van der Waals surface area contributed by atoms with Crippen LogP contribution in [0.25, 0.3) is 0 Å². The van der Waals surface area contributed by atoms with Crippen molar-refractivity contribution < 1.29 is 4.74 Å². The predicted molar refractivity (Wildman–Crippen MR) is 64.0 cm³/mol. The van der Waals surface area contributed by atoms with E-state index in [0.29, 0.717) is 0 Å². The van der Waals surface area contributed by atoms with Gasteiger partial charge in [0.15, 0.2) is 6.23 Å². The van der Waals surface area contributed by atoms with Crippen LogP contribution in [-0.4, -0.2) is 6.23 Å². The molecule has 1 aliphatic rings. The van der Waals surface area contributed by atoms with E-state index < -0.39 is 0 Å². The first-order valence-corrected chi connectivity index (χ1v) is 6.00. The van der Waals surface area contributed by atoms with Crippen molar-refractivity contribution in [2.75, 3.05) is 0 Å². The van der Waals surface area contributed by atoms with E-state index in [-0.39, 0.29) is 6.23 Å². The minimum absolute atomic E-state index is 0.256. The molecule has 0 aromatic rings. The number of unbranched alkanes of at least 4 members (excludes halogenated alkanes) is 2. The van der Waals surface area contributed by atoms with Gasteiger partial charge in [-0.3, -0.25) is 0 Å². The van der Waals surface area contributed by atoms with Crippen molar-refractivity contribution >= 4 is 0 Å². The molecule has 0 spiro atoms. The summed E-state index contributed by atoms with van der Waals surface area (Å²) in [5.74, 6) is 0. The van der Waals surface area contributed by atoms with Crippen molar-refractivity contribution in [1.29, 1.82) is 0 Å². The fourth-order valence-electron chi connectivity index (χ4n) is 1.05. The SMILES string of the molecule is CC.CC.CCCCCC1NC=CO1. The molecule has 1 N–H and O–H groups in total. The van der Waals surface area contributed by atoms with E-state index in [0.717, 1.165) is 6.42 Å². The third-order valence-corrected chi connectivity index (χ3v) is 1.66. The summed E-state index contributed by atoms with van der Waals surface area (Å²) in [6, 6.07) is 0. The maximum absolute atomic E-state index is 5.21. The zero-order chi connectivity index (χ0) is 11.2. The number of rotatable bonds is 4. The monoisotopic (exact) mass is 201 g/mol. The maximum atomic E-state index is 5.21. The van der Waals surface area contributed by atoms with Crippen LogP contribution in [0.15, 0.2) is 12.5 Å². The third kappa shape index (κ3) is 9.43. The van der Waals surface area contributed by atoms with Gasteiger partial charge in [-0.15, -0.1) is 0 Å². The molecule has 0 aromatic carbocycles. The summed E-state index contributed by atoms with van der Waals surface area (Å²) in [5.41, 5.74) is 0. The third-order valence-electron chi connectivity index (χ3n) is 1.66. The van der Waals surface area contributed by atoms with Gasteiger partial charge in [0.2, 0.25) is 0 Å². The fraction of sp³-hybridized carbons (Fsp3) is 0.833. The highest BCUT2D eigenvalue weighted by atomic mass is 16.5. The molecule has 1 rings (SSSR count). The van der Waals surface area contributed by atoms with Crippen LogP contribution < -0.4 is 5.32 Å². The summed E-state index contributed by atoms with van der Waals surface area (Å²) in [5, 5.41) is 3.11. The minimum Gasteiger partial charge on any atom is -0.477 e. The second kappa shape index (κ2) is 14.8. The van der Waals surface area contributed by atoms with Gasteiger partial charge in [-0.25, -0.2) is 0 Å². The van der Waals surface area contributed by atoms with Crippen LogP contribution in [-0.2, 0) is 4.74 Å². The molecule has 0 fully saturated rings. The van der Waals surface area contributed by atoms with E-state index in [1.165, 1.54) is 19.3 Å². The Morgan fingerprint density at radius 2 is 1.79 bits per heavy atom. The Morgan fingerprint density at radius 1 is 1.14 bits per heavy atom. The van der Waals surface area contributed by atoms with Crippen LogP contribution in [0.3, 0.4) is 0 Å². The highest BCUT2D eigenvalue weighted by Gasteiger charge is 2.07. The molecule has 2 heteroatoms. The smallest absolute Gasteiger partial charge is 0.168 e. The van der Waals surface area contributed by atoms with Crippen molar-refractivity contribution in [3.63, 3.8) is 0 Å². The highest BCUT2D eigenvalue weighted by Crippen LogP contribution is 2.07. The van der Waals surface area contributed by atoms with Gasteiger partial charge in [-0.05, 0) is 6.42 Å². The molecule has 0 aliphatic carbocycles. The molecule has 0 radical (unpaired) electrons. The van der Waals surface area contributed by atoms with Gasteiger partial charge in [-0.2, -0.15) is 0 Å². The molecule has 0 aromatic heterocycles. The lowest BCUT2D eigenvalue weighted by Gasteiger charge is -2.09. The molecular weight excluding hydrogens is 174 g/mol. The van der Waals surface area contributed by atoms with Crippen molar-refractivity contribution in [2.45, 2.75) is 66.5 Å². The standard InChI is InChI=1S/C8H15NO.2C2H6/c1-2-3-4-5-8-9-6-7-10-8;2*1-2/h6-9H,2-5H2,1H3;2*1-2H3. The largest absolute Gasteiger partial charge is 0.477 e. The molecule has 1 aliphatic heterocycles. The van der Waals surface area contributed by atoms with Crippen LogP contribution in [0, 0.1) is 0 Å². The summed E-state index contributed by atoms with van der Waals surface area (Å²) in [6.07, 6.45) is 8.80. The Balaban J connectivity index is 0. The number of nitrogens with one attached hydrogen (secondary N) is 1. The van der Waals surface area contributed by atoms with Crippen LogP contribution in [0.1, 0.15) is 60.3 Å². The Kier molecular flexibility index (Phi) is 16.7. The van der Waals surface area contributed by atoms with Crippen LogP contribution in [0.5, 0.6) is 0 Å². The molecule has 0 bridgehead atoms. The van der Waals surface area contributed by atoms with Gasteiger partial charge in [0.1, 0.15) is 6.26 Å². The molecule has 1 heterocycles. The van der Waals surface area contributed by atoms with Crippen molar-refractivity contribution in [1.82, 2.24) is 5.32 Å². The van der Waals surface area contributed by atoms with Crippen molar-refractivity contribution in [2.24, 2.45) is 0 Å². The first-order chi connectivity index (χ1) is 6.93. The van der Waals surface area contributed by atoms with Crippen molar-refractivity contribution in [3.8, 4) is 0 Å². The molecule has 1 atom stereocenters. The van der Waals surface area contributed by atoms with E-state index in [1.807, 2.05) is 33.9 Å². The second-order valence-electron chi connectivity index (χ2n) is 2.59. The molecule has 14 heavy (non-hydrogen) atoms. The molecule has 2 nitrogen and oxygen atoms in total. The number of hydrogen-bond donors (Lipinski definition) is 1. The maximum Gasteiger partial charge on any atom is 0.168 e. The lowest BCUT2D eigenvalue weighted by atomic mass is 10.2. The summed E-state index contributed by atoms with van der Waals surface area (Å²) in [4.78, 5) is 0. The van der Waals surface area contributed by atoms with Gasteiger partial charge in [-0.1, -0.05) is 47.5 Å². The topological polar surface area (TPSA) is 21.3 Å². The predicted octanol–water partition coefficient (Wildman–Crippen LogP) is 4.04. The first kappa shape index (κ1) is 15.8. The minimum atomic E-state index is 0.256. The quantitative estimate of drug-likeness (QED) is 0.693. The van der Waals surface area contributed by atoms with Gasteiger partial charge < -0.3 is 10.1 Å². The van der Waals surface area contributed by atoms with Crippen LogP contribution in [0.2, 0.25) is 0 Å². The Bertz CT molecular complexity index is 105. The van der Waals surface area contributed by atoms with E-state index in [1.54, 1.807) is 6.26 Å². The van der Waals surface area contributed by atoms with Gasteiger partial charge >= 0.3 is 0 Å². The Morgan fingerprint density at radius 3 is 2.21 bits per heavy atom. The van der Waals surface area contributed by atoms with E-state index in [9.17, 15) is 0 Å². The normalized spacial score (nSPS) is 16.8. The lowest BCUT2D eigenvalue weighted by molar-refractivity contribution is 0.140. The average Bonchev–Trinajstić information content (AvgIpc) is 2.77. The van der Waals surface area contributed by atoms with Gasteiger partial charge in [0.25, 0.3) is 0 Å². The average molecular weight is 201 g/mol. The van der Waals surface area contributed by atoms with E-state index >= 15 is 0 Å². The fourth-order valence-corrected chi connectivity index (χ4v) is 1.05. The number of hydrogen-bond acceptors (Lipinski definition) is 2. The van der Waals surface area contributed by atoms with E-state index in [2.05, 4.69) is 12.2 Å². The molecule has 86 valence electrons. The summed E-state index contributed by atoms with van der Waals surface area (Å²) in [7, 11) is 0. The molecule has 0 saturated heterocycles. The highest BCUT2D eigenvalue weighted by molar-refractivity contribution is 4.81. The molecule has 0 amide bonds. The van der Waals surface area contributed by atoms with E-state index in [4.69, 9.17) is 4.74 Å². The van der Waals surface area contributed by atoms with Crippen molar-refractivity contribution in [3.05, 3.63) is 12.5 Å². The van der Waals surface area contributed by atoms with Gasteiger partial charge in [0, 0.05) is 12.6 Å². The molecular formula is C12H27NO. The zero-order valence-electron chi connectivity index (χ0n) is 10.5. The Hall–Kier alpha value is -0.660. The lowest BCUT2D eigenvalue weighted by Crippen LogP contribution is -2.20. The second-order valence-corrected chi connectivity index (χ2v) is 2.59. The molecule has 0 saturated carbocycles. The summed E-state index contributed by atoms with van der Waals surface area (Å²) < 4.78 is 5.21. The van der Waals surface area contributed by atoms with Crippen LogP contribution >= 0.6 is 0 Å². The summed E-state index contributed by atoms with van der Waals surface area (Å²) >= 11 is 0. The summed E-state index contributed by atoms with van der Waals surface area (Å²) in [6.45, 7) is 10.2. The Labute approximate surface area is 89.7 Å². The first-order valence-electron chi connectivity index (χ1n) is 6.00.